The number of rotatable bonds is 9. The van der Waals surface area contributed by atoms with Gasteiger partial charge in [0.15, 0.2) is 0 Å². The quantitative estimate of drug-likeness (QED) is 0.602. The first kappa shape index (κ1) is 20.3. The Kier molecular flexibility index (Phi) is 7.43. The van der Waals surface area contributed by atoms with Crippen molar-refractivity contribution in [2.24, 2.45) is 11.8 Å². The van der Waals surface area contributed by atoms with Gasteiger partial charge in [0.1, 0.15) is 18.0 Å². The molecule has 3 N–H and O–H groups in total. The summed E-state index contributed by atoms with van der Waals surface area (Å²) in [5.74, 6) is 2.67. The molecule has 0 amide bonds. The Bertz CT molecular complexity index is 742. The maximum Gasteiger partial charge on any atom is 0.138 e. The van der Waals surface area contributed by atoms with Gasteiger partial charge in [-0.15, -0.1) is 0 Å². The van der Waals surface area contributed by atoms with E-state index in [-0.39, 0.29) is 6.10 Å². The second kappa shape index (κ2) is 10.2. The Morgan fingerprint density at radius 1 is 1.14 bits per heavy atom. The molecule has 5 heteroatoms. The summed E-state index contributed by atoms with van der Waals surface area (Å²) in [6.07, 6.45) is 9.46. The van der Waals surface area contributed by atoms with E-state index in [0.29, 0.717) is 11.8 Å². The molecule has 0 saturated heterocycles. The lowest BCUT2D eigenvalue weighted by Gasteiger charge is -2.32. The SMILES string of the molecule is C=Cc1c(NC)ncnc1NCC1CCC(C(O)CCc2ccccc2)CC1. The highest BCUT2D eigenvalue weighted by Gasteiger charge is 2.26. The number of anilines is 2. The van der Waals surface area contributed by atoms with Gasteiger partial charge in [0.05, 0.1) is 11.7 Å². The van der Waals surface area contributed by atoms with E-state index >= 15 is 0 Å². The first-order valence-electron chi connectivity index (χ1n) is 10.3. The minimum atomic E-state index is -0.193. The van der Waals surface area contributed by atoms with Crippen LogP contribution in [0.1, 0.15) is 43.2 Å². The number of nitrogens with zero attached hydrogens (tertiary/aromatic N) is 2. The fraction of sp³-hybridized carbons (Fsp3) is 0.478. The number of aryl methyl sites for hydroxylation is 1. The summed E-state index contributed by atoms with van der Waals surface area (Å²) in [6.45, 7) is 4.77. The van der Waals surface area contributed by atoms with Crippen LogP contribution in [-0.4, -0.2) is 34.8 Å². The van der Waals surface area contributed by atoms with Gasteiger partial charge in [-0.1, -0.05) is 43.0 Å². The molecule has 1 fully saturated rings. The first-order chi connectivity index (χ1) is 13.7. The Labute approximate surface area is 168 Å². The average molecular weight is 381 g/mol. The zero-order chi connectivity index (χ0) is 19.8. The largest absolute Gasteiger partial charge is 0.393 e. The standard InChI is InChI=1S/C23H32N4O/c1-3-20-22(24-2)26-16-27-23(20)25-15-18-9-12-19(13-10-18)21(28)14-11-17-7-5-4-6-8-17/h3-8,16,18-19,21,28H,1,9-15H2,2H3,(H2,24,25,26,27). The molecule has 1 atom stereocenters. The summed E-state index contributed by atoms with van der Waals surface area (Å²) in [6, 6.07) is 10.4. The summed E-state index contributed by atoms with van der Waals surface area (Å²) >= 11 is 0. The van der Waals surface area contributed by atoms with E-state index < -0.39 is 0 Å². The van der Waals surface area contributed by atoms with Crippen molar-refractivity contribution in [3.8, 4) is 0 Å². The number of aliphatic hydroxyl groups excluding tert-OH is 1. The van der Waals surface area contributed by atoms with Crippen molar-refractivity contribution in [2.75, 3.05) is 24.2 Å². The minimum Gasteiger partial charge on any atom is -0.393 e. The number of hydrogen-bond acceptors (Lipinski definition) is 5. The van der Waals surface area contributed by atoms with Crippen LogP contribution in [0.3, 0.4) is 0 Å². The van der Waals surface area contributed by atoms with Crippen molar-refractivity contribution in [1.82, 2.24) is 9.97 Å². The zero-order valence-corrected chi connectivity index (χ0v) is 16.8. The van der Waals surface area contributed by atoms with Gasteiger partial charge < -0.3 is 15.7 Å². The summed E-state index contributed by atoms with van der Waals surface area (Å²) in [4.78, 5) is 8.60. The normalized spacial score (nSPS) is 20.4. The number of benzene rings is 1. The van der Waals surface area contributed by atoms with Crippen LogP contribution in [0.4, 0.5) is 11.6 Å². The molecule has 1 aliphatic rings. The Hall–Kier alpha value is -2.40. The van der Waals surface area contributed by atoms with E-state index in [2.05, 4.69) is 51.4 Å². The van der Waals surface area contributed by atoms with Crippen LogP contribution in [0.2, 0.25) is 0 Å². The Morgan fingerprint density at radius 3 is 2.54 bits per heavy atom. The van der Waals surface area contributed by atoms with Crippen molar-refractivity contribution >= 4 is 17.7 Å². The third kappa shape index (κ3) is 5.32. The molecule has 2 aromatic rings. The maximum absolute atomic E-state index is 10.6. The molecule has 0 bridgehead atoms. The fourth-order valence-electron chi connectivity index (χ4n) is 4.14. The highest BCUT2D eigenvalue weighted by molar-refractivity contribution is 5.71. The van der Waals surface area contributed by atoms with Crippen molar-refractivity contribution < 1.29 is 5.11 Å². The number of aromatic nitrogens is 2. The highest BCUT2D eigenvalue weighted by atomic mass is 16.3. The van der Waals surface area contributed by atoms with Crippen molar-refractivity contribution in [1.29, 1.82) is 0 Å². The lowest BCUT2D eigenvalue weighted by atomic mass is 9.78. The number of aliphatic hydroxyl groups is 1. The van der Waals surface area contributed by atoms with Gasteiger partial charge >= 0.3 is 0 Å². The van der Waals surface area contributed by atoms with Crippen LogP contribution < -0.4 is 10.6 Å². The molecule has 1 saturated carbocycles. The van der Waals surface area contributed by atoms with E-state index in [9.17, 15) is 5.11 Å². The Morgan fingerprint density at radius 2 is 1.86 bits per heavy atom. The molecule has 1 unspecified atom stereocenters. The molecule has 0 spiro atoms. The van der Waals surface area contributed by atoms with Gasteiger partial charge in [-0.2, -0.15) is 0 Å². The first-order valence-corrected chi connectivity index (χ1v) is 10.3. The van der Waals surface area contributed by atoms with E-state index in [1.54, 1.807) is 12.4 Å². The van der Waals surface area contributed by atoms with Gasteiger partial charge in [-0.25, -0.2) is 9.97 Å². The molecule has 0 aliphatic heterocycles. The van der Waals surface area contributed by atoms with Crippen LogP contribution in [0, 0.1) is 11.8 Å². The summed E-state index contributed by atoms with van der Waals surface area (Å²) in [5.41, 5.74) is 2.22. The van der Waals surface area contributed by atoms with E-state index in [4.69, 9.17) is 0 Å². The number of hydrogen-bond donors (Lipinski definition) is 3. The van der Waals surface area contributed by atoms with Gasteiger partial charge in [0, 0.05) is 13.6 Å². The molecule has 1 heterocycles. The molecule has 150 valence electrons. The third-order valence-corrected chi connectivity index (χ3v) is 5.89. The molecule has 3 rings (SSSR count). The molecular weight excluding hydrogens is 348 g/mol. The summed E-state index contributed by atoms with van der Waals surface area (Å²) in [7, 11) is 1.85. The van der Waals surface area contributed by atoms with Crippen LogP contribution in [-0.2, 0) is 6.42 Å². The summed E-state index contributed by atoms with van der Waals surface area (Å²) < 4.78 is 0. The average Bonchev–Trinajstić information content (AvgIpc) is 2.76. The predicted molar refractivity (Wildman–Crippen MR) is 116 cm³/mol. The third-order valence-electron chi connectivity index (χ3n) is 5.89. The van der Waals surface area contributed by atoms with Crippen LogP contribution >= 0.6 is 0 Å². The maximum atomic E-state index is 10.6. The van der Waals surface area contributed by atoms with Gasteiger partial charge in [0.25, 0.3) is 0 Å². The van der Waals surface area contributed by atoms with Crippen molar-refractivity contribution in [3.05, 3.63) is 54.4 Å². The fourth-order valence-corrected chi connectivity index (χ4v) is 4.14. The lowest BCUT2D eigenvalue weighted by Crippen LogP contribution is -2.28. The smallest absolute Gasteiger partial charge is 0.138 e. The van der Waals surface area contributed by atoms with Crippen LogP contribution in [0.25, 0.3) is 6.08 Å². The van der Waals surface area contributed by atoms with Crippen molar-refractivity contribution in [2.45, 2.75) is 44.6 Å². The molecule has 1 aromatic heterocycles. The van der Waals surface area contributed by atoms with Crippen LogP contribution in [0.15, 0.2) is 43.2 Å². The van der Waals surface area contributed by atoms with Gasteiger partial charge in [-0.3, -0.25) is 0 Å². The second-order valence-corrected chi connectivity index (χ2v) is 7.69. The molecule has 0 radical (unpaired) electrons. The minimum absolute atomic E-state index is 0.193. The van der Waals surface area contributed by atoms with Crippen molar-refractivity contribution in [3.63, 3.8) is 0 Å². The monoisotopic (exact) mass is 380 g/mol. The van der Waals surface area contributed by atoms with Gasteiger partial charge in [0.2, 0.25) is 0 Å². The van der Waals surface area contributed by atoms with E-state index in [1.165, 1.54) is 5.56 Å². The van der Waals surface area contributed by atoms with Crippen LogP contribution in [0.5, 0.6) is 0 Å². The topological polar surface area (TPSA) is 70.1 Å². The molecular formula is C23H32N4O. The molecule has 1 aliphatic carbocycles. The van der Waals surface area contributed by atoms with E-state index in [1.807, 2.05) is 13.1 Å². The summed E-state index contributed by atoms with van der Waals surface area (Å²) in [5, 5.41) is 17.2. The van der Waals surface area contributed by atoms with Gasteiger partial charge in [-0.05, 0) is 55.9 Å². The zero-order valence-electron chi connectivity index (χ0n) is 16.8. The Balaban J connectivity index is 1.43. The highest BCUT2D eigenvalue weighted by Crippen LogP contribution is 2.32. The lowest BCUT2D eigenvalue weighted by molar-refractivity contribution is 0.0684. The van der Waals surface area contributed by atoms with E-state index in [0.717, 1.165) is 62.3 Å². The number of nitrogens with one attached hydrogen (secondary N) is 2. The predicted octanol–water partition coefficient (Wildman–Crippen LogP) is 4.37. The molecule has 5 nitrogen and oxygen atoms in total. The second-order valence-electron chi connectivity index (χ2n) is 7.69. The molecule has 28 heavy (non-hydrogen) atoms. The molecule has 1 aromatic carbocycles.